The third-order valence-corrected chi connectivity index (χ3v) is 27.3. The normalized spacial score (nSPS) is 33.1. The van der Waals surface area contributed by atoms with E-state index < -0.39 is 54.7 Å². The third kappa shape index (κ3) is 9.37. The van der Waals surface area contributed by atoms with Crippen molar-refractivity contribution in [2.45, 2.75) is 188 Å². The van der Waals surface area contributed by atoms with E-state index in [0.29, 0.717) is 59.8 Å². The van der Waals surface area contributed by atoms with Gasteiger partial charge in [0, 0.05) is 65.1 Å². The number of ether oxygens (including phenoxy) is 4. The number of aliphatic hydroxyl groups excluding tert-OH is 4. The Hall–Kier alpha value is -7.63. The summed E-state index contributed by atoms with van der Waals surface area (Å²) in [6.45, 7) is -0.238. The molecule has 4 heterocycles. The topological polar surface area (TPSA) is 182 Å². The maximum Gasteiger partial charge on any atom is 0.340 e. The molecule has 3 aliphatic heterocycles. The second-order valence-electron chi connectivity index (χ2n) is 31.4. The molecule has 1 aromatic heterocycles. The summed E-state index contributed by atoms with van der Waals surface area (Å²) in [7, 11) is 0. The molecule has 18 rings (SSSR count). The monoisotopic (exact) mass is 1310 g/mol. The average molecular weight is 1310 g/mol. The minimum Gasteiger partial charge on any atom is -0.481 e. The number of carbonyl (C=O) groups is 2. The molecule has 0 radical (unpaired) electrons. The molecule has 9 aliphatic carbocycles. The van der Waals surface area contributed by atoms with E-state index in [1.54, 1.807) is 6.07 Å². The van der Waals surface area contributed by atoms with Gasteiger partial charge in [0.05, 0.1) is 31.8 Å². The number of allylic oxidation sites excluding steroid dienone is 4. The van der Waals surface area contributed by atoms with E-state index in [4.69, 9.17) is 23.4 Å². The molecule has 5 aromatic carbocycles. The van der Waals surface area contributed by atoms with E-state index in [9.17, 15) is 20.4 Å². The van der Waals surface area contributed by atoms with Crippen molar-refractivity contribution < 1.29 is 53.4 Å². The van der Waals surface area contributed by atoms with Gasteiger partial charge in [0.15, 0.2) is 17.8 Å². The van der Waals surface area contributed by atoms with Gasteiger partial charge in [-0.15, -0.1) is 0 Å². The maximum atomic E-state index is 16.5. The molecule has 3 fully saturated rings. The quantitative estimate of drug-likeness (QED) is 0.0269. The summed E-state index contributed by atoms with van der Waals surface area (Å²) in [4.78, 5) is 48.2. The SMILES string of the molecule is CC(CO)=C1CC2c3ccc4c5c3C(CC3C6C=Cc7ccccc7C6CC3C3(CC#CC5)Oc5ccc6c(CO)c(C(CCO)COCO)c(=O)oc6c5C(OC(=O)CC5CC(c6cccc7c6CCC6CCCC8C=Cc9ccccc9C786)C=CC45)C3OC1=O)CC21CCCC1. The minimum absolute atomic E-state index is 0.00547. The fourth-order valence-corrected chi connectivity index (χ4v) is 23.4. The fraction of sp³-hybridized carbons (Fsp3) is 0.477. The Bertz CT molecular complexity index is 4530. The van der Waals surface area contributed by atoms with Gasteiger partial charge in [0.2, 0.25) is 0 Å². The van der Waals surface area contributed by atoms with Crippen LogP contribution in [0.2, 0.25) is 0 Å². The number of esters is 2. The van der Waals surface area contributed by atoms with Crippen LogP contribution in [0.15, 0.2) is 136 Å². The highest BCUT2D eigenvalue weighted by molar-refractivity contribution is 5.91. The summed E-state index contributed by atoms with van der Waals surface area (Å²) in [5, 5.41) is 43.5. The summed E-state index contributed by atoms with van der Waals surface area (Å²) in [5.41, 5.74) is 13.4. The van der Waals surface area contributed by atoms with Crippen LogP contribution in [0.1, 0.15) is 229 Å². The van der Waals surface area contributed by atoms with Gasteiger partial charge >= 0.3 is 17.6 Å². The molecule has 4 N–H and O–H groups in total. The Morgan fingerprint density at radius 1 is 0.745 bits per heavy atom. The lowest BCUT2D eigenvalue weighted by Crippen LogP contribution is -2.61. The molecule has 3 saturated carbocycles. The van der Waals surface area contributed by atoms with E-state index in [1.807, 2.05) is 13.0 Å². The van der Waals surface area contributed by atoms with Crippen molar-refractivity contribution in [1.82, 2.24) is 0 Å². The predicted octanol–water partition coefficient (Wildman–Crippen LogP) is 14.8. The van der Waals surface area contributed by atoms with Crippen molar-refractivity contribution in [3.8, 4) is 17.6 Å². The van der Waals surface area contributed by atoms with E-state index >= 15 is 14.4 Å². The number of benzene rings is 5. The first kappa shape index (κ1) is 62.6. The highest BCUT2D eigenvalue weighted by atomic mass is 16.6. The van der Waals surface area contributed by atoms with Crippen LogP contribution in [0.4, 0.5) is 0 Å². The van der Waals surface area contributed by atoms with Gasteiger partial charge < -0.3 is 43.8 Å². The highest BCUT2D eigenvalue weighted by Crippen LogP contribution is 2.68. The Balaban J connectivity index is 0.888. The molecule has 16 atom stereocenters. The Kier molecular flexibility index (Phi) is 15.5. The van der Waals surface area contributed by atoms with Gasteiger partial charge in [-0.3, -0.25) is 4.79 Å². The zero-order valence-corrected chi connectivity index (χ0v) is 56.0. The fourth-order valence-electron chi connectivity index (χ4n) is 23.4. The summed E-state index contributed by atoms with van der Waals surface area (Å²) >= 11 is 0. The van der Waals surface area contributed by atoms with Crippen molar-refractivity contribution in [2.75, 3.05) is 26.6 Å². The first-order valence-electron chi connectivity index (χ1n) is 36.9. The second kappa shape index (κ2) is 24.3. The van der Waals surface area contributed by atoms with Crippen LogP contribution in [0.3, 0.4) is 0 Å². The molecule has 6 aromatic rings. The molecule has 3 spiro atoms. The van der Waals surface area contributed by atoms with Gasteiger partial charge in [-0.05, 0) is 221 Å². The Morgan fingerprint density at radius 3 is 2.41 bits per heavy atom. The number of carbonyl (C=O) groups excluding carboxylic acids is 2. The maximum absolute atomic E-state index is 16.5. The van der Waals surface area contributed by atoms with Crippen molar-refractivity contribution in [2.24, 2.45) is 40.9 Å². The van der Waals surface area contributed by atoms with Crippen LogP contribution in [-0.2, 0) is 48.7 Å². The van der Waals surface area contributed by atoms with Crippen LogP contribution in [0, 0.1) is 52.8 Å². The van der Waals surface area contributed by atoms with Gasteiger partial charge in [0.1, 0.15) is 18.1 Å². The molecule has 504 valence electrons. The standard InChI is InChI=1S/C86H88O12/c1-48(44-88)66-41-72-65-30-29-60-59-26-23-51(58-18-11-20-71-62(58)28-25-56-15-10-14-55-24-21-50-13-3-5-19-70(50)86(55,56)71)38-53(59)40-75(91)95-80-78-74(32-31-64-69(45-89)77(83(93)96-79(64)78)52(33-37-87)46-94-47-90)98-85(81(80)97-82(66)92)36-7-6-17-63(60)76(65)54(43-84(72)34-8-9-35-84)39-68-61-27-22-49-12-2-4-16-57(49)67(61)42-73(68)85/h2-5,11-13,16,18-24,26-27,29-32,51-56,59,61,67-68,72-73,80-81,87-90H,8-10,14-15,17,25,28,33-47H2,1H3. The Labute approximate surface area is 573 Å². The zero-order valence-electron chi connectivity index (χ0n) is 56.0. The molecule has 12 nitrogen and oxygen atoms in total. The number of fused-ring (bicyclic) bond motifs is 14. The van der Waals surface area contributed by atoms with Crippen LogP contribution in [0.5, 0.6) is 5.75 Å². The van der Waals surface area contributed by atoms with Crippen LogP contribution in [-0.4, -0.2) is 70.7 Å². The lowest BCUT2D eigenvalue weighted by atomic mass is 9.48. The van der Waals surface area contributed by atoms with E-state index in [0.717, 1.165) is 57.8 Å². The lowest BCUT2D eigenvalue weighted by molar-refractivity contribution is -0.205. The molecule has 98 heavy (non-hydrogen) atoms. The van der Waals surface area contributed by atoms with Gasteiger partial charge in [-0.2, -0.15) is 0 Å². The van der Waals surface area contributed by atoms with Crippen LogP contribution < -0.4 is 10.4 Å². The summed E-state index contributed by atoms with van der Waals surface area (Å²) < 4.78 is 35.1. The summed E-state index contributed by atoms with van der Waals surface area (Å²) in [6, 6.07) is 33.3. The molecular weight excluding hydrogens is 1220 g/mol. The summed E-state index contributed by atoms with van der Waals surface area (Å²) in [5.74, 6) is 6.17. The van der Waals surface area contributed by atoms with Crippen molar-refractivity contribution in [3.63, 3.8) is 0 Å². The number of rotatable bonds is 9. The number of aliphatic hydroxyl groups is 4. The number of hydrogen-bond acceptors (Lipinski definition) is 12. The molecule has 0 saturated heterocycles. The molecular formula is C86H88O12. The van der Waals surface area contributed by atoms with Crippen molar-refractivity contribution >= 4 is 35.1 Å². The molecule has 0 amide bonds. The van der Waals surface area contributed by atoms with E-state index in [-0.39, 0.29) is 125 Å². The average Bonchev–Trinajstić information content (AvgIpc) is 0.972. The molecule has 6 bridgehead atoms. The van der Waals surface area contributed by atoms with Crippen LogP contribution in [0.25, 0.3) is 23.1 Å². The zero-order chi connectivity index (χ0) is 66.3. The Morgan fingerprint density at radius 2 is 1.56 bits per heavy atom. The van der Waals surface area contributed by atoms with E-state index in [1.165, 1.54) is 74.0 Å². The number of hydrogen-bond donors (Lipinski definition) is 4. The lowest BCUT2D eigenvalue weighted by Gasteiger charge is -2.55. The highest BCUT2D eigenvalue weighted by Gasteiger charge is 2.66. The predicted molar refractivity (Wildman–Crippen MR) is 373 cm³/mol. The van der Waals surface area contributed by atoms with Gasteiger partial charge in [-0.25, -0.2) is 9.59 Å². The van der Waals surface area contributed by atoms with Crippen molar-refractivity contribution in [1.29, 1.82) is 0 Å². The largest absolute Gasteiger partial charge is 0.481 e. The van der Waals surface area contributed by atoms with E-state index in [2.05, 4.69) is 127 Å². The smallest absolute Gasteiger partial charge is 0.340 e. The van der Waals surface area contributed by atoms with Gasteiger partial charge in [0.25, 0.3) is 0 Å². The molecule has 16 unspecified atom stereocenters. The first-order chi connectivity index (χ1) is 48.0. The first-order valence-corrected chi connectivity index (χ1v) is 36.9. The van der Waals surface area contributed by atoms with Crippen molar-refractivity contribution in [3.05, 3.63) is 215 Å². The molecule has 12 aliphatic rings. The minimum atomic E-state index is -1.49. The second-order valence-corrected chi connectivity index (χ2v) is 31.4. The third-order valence-electron chi connectivity index (χ3n) is 27.3. The summed E-state index contributed by atoms with van der Waals surface area (Å²) in [6.07, 6.45) is 25.7. The van der Waals surface area contributed by atoms with Gasteiger partial charge in [-0.1, -0.05) is 146 Å². The van der Waals surface area contributed by atoms with Crippen LogP contribution >= 0.6 is 0 Å². The molecule has 12 heteroatoms.